The van der Waals surface area contributed by atoms with Crippen molar-refractivity contribution in [3.05, 3.63) is 35.9 Å². The lowest BCUT2D eigenvalue weighted by Gasteiger charge is -2.19. The lowest BCUT2D eigenvalue weighted by molar-refractivity contribution is -0.143. The van der Waals surface area contributed by atoms with Gasteiger partial charge in [0.1, 0.15) is 6.54 Å². The summed E-state index contributed by atoms with van der Waals surface area (Å²) >= 11 is 0. The van der Waals surface area contributed by atoms with E-state index in [9.17, 15) is 19.2 Å². The Bertz CT molecular complexity index is 695. The summed E-state index contributed by atoms with van der Waals surface area (Å²) < 4.78 is 0. The smallest absolute Gasteiger partial charge is 0.240 e. The molecule has 7 nitrogen and oxygen atoms in total. The third kappa shape index (κ3) is 4.72. The first-order chi connectivity index (χ1) is 13.1. The largest absolute Gasteiger partial charge is 0.354 e. The van der Waals surface area contributed by atoms with E-state index in [2.05, 4.69) is 10.6 Å². The van der Waals surface area contributed by atoms with Gasteiger partial charge in [-0.15, -0.1) is 0 Å². The summed E-state index contributed by atoms with van der Waals surface area (Å²) in [5, 5.41) is 5.22. The molecule has 1 heterocycles. The van der Waals surface area contributed by atoms with Crippen LogP contribution in [-0.4, -0.2) is 48.2 Å². The first kappa shape index (κ1) is 19.1. The van der Waals surface area contributed by atoms with Crippen molar-refractivity contribution in [2.75, 3.05) is 19.6 Å². The number of hydrogen-bond donors (Lipinski definition) is 2. The number of nitrogens with one attached hydrogen (secondary N) is 2. The maximum absolute atomic E-state index is 12.3. The highest BCUT2D eigenvalue weighted by atomic mass is 16.2. The lowest BCUT2D eigenvalue weighted by atomic mass is 9.81. The Morgan fingerprint density at radius 2 is 1.56 bits per heavy atom. The number of likely N-dealkylation sites (tertiary alicyclic amines) is 1. The molecule has 4 amide bonds. The van der Waals surface area contributed by atoms with Crippen LogP contribution in [-0.2, 0) is 25.6 Å². The zero-order valence-electron chi connectivity index (χ0n) is 15.3. The molecule has 1 saturated heterocycles. The monoisotopic (exact) mass is 371 g/mol. The standard InChI is InChI=1S/C20H25N3O4/c24-17(21-11-10-14-6-2-1-3-7-14)12-22-18(25)13-23-19(26)15-8-4-5-9-16(15)20(23)27/h1-3,6-7,15-16H,4-5,8-13H2,(H,21,24)(H,22,25). The number of nitrogens with zero attached hydrogens (tertiary/aromatic N) is 1. The summed E-state index contributed by atoms with van der Waals surface area (Å²) in [7, 11) is 0. The minimum absolute atomic E-state index is 0.170. The second kappa shape index (κ2) is 8.79. The Kier molecular flexibility index (Phi) is 6.21. The Morgan fingerprint density at radius 1 is 0.926 bits per heavy atom. The molecular formula is C20H25N3O4. The maximum atomic E-state index is 12.3. The zero-order valence-corrected chi connectivity index (χ0v) is 15.3. The van der Waals surface area contributed by atoms with Gasteiger partial charge < -0.3 is 10.6 Å². The fraction of sp³-hybridized carbons (Fsp3) is 0.500. The van der Waals surface area contributed by atoms with E-state index in [0.29, 0.717) is 13.0 Å². The van der Waals surface area contributed by atoms with Gasteiger partial charge in [0.05, 0.1) is 18.4 Å². The van der Waals surface area contributed by atoms with Crippen molar-refractivity contribution in [2.45, 2.75) is 32.1 Å². The predicted molar refractivity (Wildman–Crippen MR) is 98.3 cm³/mol. The van der Waals surface area contributed by atoms with Gasteiger partial charge in [-0.25, -0.2) is 0 Å². The summed E-state index contributed by atoms with van der Waals surface area (Å²) in [6.07, 6.45) is 4.04. The van der Waals surface area contributed by atoms with Crippen LogP contribution in [0.4, 0.5) is 0 Å². The highest BCUT2D eigenvalue weighted by Gasteiger charge is 2.48. The van der Waals surface area contributed by atoms with Crippen LogP contribution < -0.4 is 10.6 Å². The van der Waals surface area contributed by atoms with Crippen molar-refractivity contribution in [3.63, 3.8) is 0 Å². The van der Waals surface area contributed by atoms with Gasteiger partial charge >= 0.3 is 0 Å². The van der Waals surface area contributed by atoms with E-state index in [1.54, 1.807) is 0 Å². The molecule has 144 valence electrons. The maximum Gasteiger partial charge on any atom is 0.240 e. The van der Waals surface area contributed by atoms with Crippen LogP contribution in [0.2, 0.25) is 0 Å². The van der Waals surface area contributed by atoms with E-state index in [1.807, 2.05) is 30.3 Å². The Morgan fingerprint density at radius 3 is 2.19 bits per heavy atom. The summed E-state index contributed by atoms with van der Waals surface area (Å²) in [5.74, 6) is -1.81. The highest BCUT2D eigenvalue weighted by molar-refractivity contribution is 6.07. The van der Waals surface area contributed by atoms with Gasteiger partial charge in [-0.2, -0.15) is 0 Å². The second-order valence-corrected chi connectivity index (χ2v) is 7.12. The molecule has 0 aromatic heterocycles. The van der Waals surface area contributed by atoms with Crippen LogP contribution >= 0.6 is 0 Å². The number of fused-ring (bicyclic) bond motifs is 1. The average molecular weight is 371 g/mol. The fourth-order valence-electron chi connectivity index (χ4n) is 3.82. The molecule has 1 aliphatic carbocycles. The van der Waals surface area contributed by atoms with E-state index in [1.165, 1.54) is 0 Å². The van der Waals surface area contributed by atoms with Gasteiger partial charge in [0.15, 0.2) is 0 Å². The third-order valence-electron chi connectivity index (χ3n) is 5.26. The van der Waals surface area contributed by atoms with Crippen molar-refractivity contribution in [2.24, 2.45) is 11.8 Å². The van der Waals surface area contributed by atoms with Crippen molar-refractivity contribution >= 4 is 23.6 Å². The molecule has 7 heteroatoms. The van der Waals surface area contributed by atoms with Gasteiger partial charge in [-0.05, 0) is 24.8 Å². The molecule has 1 aliphatic heterocycles. The number of benzene rings is 1. The SMILES string of the molecule is O=C(CNC(=O)CN1C(=O)C2CCCCC2C1=O)NCCc1ccccc1. The van der Waals surface area contributed by atoms with Gasteiger partial charge in [-0.3, -0.25) is 24.1 Å². The molecule has 0 radical (unpaired) electrons. The first-order valence-electron chi connectivity index (χ1n) is 9.49. The number of imide groups is 1. The molecule has 2 N–H and O–H groups in total. The molecule has 1 aromatic carbocycles. The van der Waals surface area contributed by atoms with Crippen LogP contribution in [0.3, 0.4) is 0 Å². The van der Waals surface area contributed by atoms with E-state index in [4.69, 9.17) is 0 Å². The molecule has 0 bridgehead atoms. The number of rotatable bonds is 7. The quantitative estimate of drug-likeness (QED) is 0.688. The van der Waals surface area contributed by atoms with E-state index < -0.39 is 5.91 Å². The van der Waals surface area contributed by atoms with E-state index >= 15 is 0 Å². The van der Waals surface area contributed by atoms with Crippen LogP contribution in [0.15, 0.2) is 30.3 Å². The molecule has 3 rings (SSSR count). The number of amides is 4. The minimum atomic E-state index is -0.492. The van der Waals surface area contributed by atoms with E-state index in [-0.39, 0.29) is 42.6 Å². The molecule has 2 unspecified atom stereocenters. The molecule has 27 heavy (non-hydrogen) atoms. The van der Waals surface area contributed by atoms with E-state index in [0.717, 1.165) is 36.1 Å². The fourth-order valence-corrected chi connectivity index (χ4v) is 3.82. The Hall–Kier alpha value is -2.70. The Balaban J connectivity index is 1.38. The lowest BCUT2D eigenvalue weighted by Crippen LogP contribution is -2.44. The first-order valence-corrected chi connectivity index (χ1v) is 9.49. The molecule has 2 fully saturated rings. The van der Waals surface area contributed by atoms with Crippen molar-refractivity contribution in [1.29, 1.82) is 0 Å². The molecule has 2 atom stereocenters. The van der Waals surface area contributed by atoms with Gasteiger partial charge in [0.2, 0.25) is 23.6 Å². The normalized spacial score (nSPS) is 21.7. The molecule has 1 saturated carbocycles. The summed E-state index contributed by atoms with van der Waals surface area (Å²) in [6, 6.07) is 9.77. The van der Waals surface area contributed by atoms with Gasteiger partial charge in [0.25, 0.3) is 0 Å². The van der Waals surface area contributed by atoms with Crippen molar-refractivity contribution < 1.29 is 19.2 Å². The molecule has 2 aliphatic rings. The van der Waals surface area contributed by atoms with Crippen LogP contribution in [0.5, 0.6) is 0 Å². The van der Waals surface area contributed by atoms with Crippen LogP contribution in [0.1, 0.15) is 31.2 Å². The predicted octanol–water partition coefficient (Wildman–Crippen LogP) is 0.637. The zero-order chi connectivity index (χ0) is 19.2. The minimum Gasteiger partial charge on any atom is -0.354 e. The number of hydrogen-bond acceptors (Lipinski definition) is 4. The average Bonchev–Trinajstić information content (AvgIpc) is 2.92. The van der Waals surface area contributed by atoms with Crippen LogP contribution in [0, 0.1) is 11.8 Å². The highest BCUT2D eigenvalue weighted by Crippen LogP contribution is 2.37. The third-order valence-corrected chi connectivity index (χ3v) is 5.26. The molecule has 0 spiro atoms. The van der Waals surface area contributed by atoms with Gasteiger partial charge in [-0.1, -0.05) is 43.2 Å². The van der Waals surface area contributed by atoms with Crippen molar-refractivity contribution in [3.8, 4) is 0 Å². The molecule has 1 aromatic rings. The van der Waals surface area contributed by atoms with Crippen molar-refractivity contribution in [1.82, 2.24) is 15.5 Å². The second-order valence-electron chi connectivity index (χ2n) is 7.12. The number of carbonyl (C=O) groups excluding carboxylic acids is 4. The van der Waals surface area contributed by atoms with Crippen LogP contribution in [0.25, 0.3) is 0 Å². The molecular weight excluding hydrogens is 346 g/mol. The Labute approximate surface area is 158 Å². The van der Waals surface area contributed by atoms with Gasteiger partial charge in [0, 0.05) is 6.54 Å². The topological polar surface area (TPSA) is 95.6 Å². The summed E-state index contributed by atoms with van der Waals surface area (Å²) in [4.78, 5) is 49.6. The number of carbonyl (C=O) groups is 4. The summed E-state index contributed by atoms with van der Waals surface area (Å²) in [6.45, 7) is 0.00381. The summed E-state index contributed by atoms with van der Waals surface area (Å²) in [5.41, 5.74) is 1.12.